The van der Waals surface area contributed by atoms with E-state index in [0.29, 0.717) is 32.0 Å². The summed E-state index contributed by atoms with van der Waals surface area (Å²) in [5.41, 5.74) is 0. The van der Waals surface area contributed by atoms with Crippen LogP contribution in [0.25, 0.3) is 0 Å². The Bertz CT molecular complexity index is 628. The zero-order chi connectivity index (χ0) is 15.7. The Morgan fingerprint density at radius 2 is 2.32 bits per heavy atom. The van der Waals surface area contributed by atoms with Gasteiger partial charge in [-0.2, -0.15) is 0 Å². The molecule has 22 heavy (non-hydrogen) atoms. The molecule has 0 unspecified atom stereocenters. The van der Waals surface area contributed by atoms with E-state index in [-0.39, 0.29) is 23.8 Å². The first-order chi connectivity index (χ1) is 10.4. The van der Waals surface area contributed by atoms with Crippen molar-refractivity contribution < 1.29 is 22.4 Å². The summed E-state index contributed by atoms with van der Waals surface area (Å²) < 4.78 is 35.8. The number of ether oxygens (including phenoxy) is 1. The van der Waals surface area contributed by atoms with Gasteiger partial charge in [0.2, 0.25) is 10.0 Å². The number of furan rings is 1. The first-order valence-electron chi connectivity index (χ1n) is 7.33. The van der Waals surface area contributed by atoms with Crippen molar-refractivity contribution in [3.05, 3.63) is 24.2 Å². The van der Waals surface area contributed by atoms with Gasteiger partial charge in [-0.15, -0.1) is 0 Å². The Kier molecular flexibility index (Phi) is 4.24. The normalized spacial score (nSPS) is 28.6. The van der Waals surface area contributed by atoms with Crippen LogP contribution in [0.5, 0.6) is 0 Å². The smallest absolute Gasteiger partial charge is 0.289 e. The fourth-order valence-corrected chi connectivity index (χ4v) is 3.74. The average Bonchev–Trinajstić information content (AvgIpc) is 3.12. The molecule has 0 radical (unpaired) electrons. The monoisotopic (exact) mass is 328 g/mol. The first-order valence-corrected chi connectivity index (χ1v) is 9.22. The summed E-state index contributed by atoms with van der Waals surface area (Å²) in [4.78, 5) is 14.1. The molecule has 0 saturated carbocycles. The predicted octanol–water partition coefficient (Wildman–Crippen LogP) is 0.306. The van der Waals surface area contributed by atoms with Crippen molar-refractivity contribution in [3.63, 3.8) is 0 Å². The minimum Gasteiger partial charge on any atom is -0.459 e. The largest absolute Gasteiger partial charge is 0.459 e. The second kappa shape index (κ2) is 6.02. The molecule has 2 fully saturated rings. The van der Waals surface area contributed by atoms with E-state index in [1.54, 1.807) is 17.0 Å². The Morgan fingerprint density at radius 1 is 1.50 bits per heavy atom. The Balaban J connectivity index is 1.58. The highest BCUT2D eigenvalue weighted by molar-refractivity contribution is 7.88. The van der Waals surface area contributed by atoms with Crippen molar-refractivity contribution in [1.29, 1.82) is 0 Å². The molecule has 2 saturated heterocycles. The van der Waals surface area contributed by atoms with Crippen LogP contribution < -0.4 is 4.72 Å². The number of rotatable bonds is 4. The molecule has 3 rings (SSSR count). The lowest BCUT2D eigenvalue weighted by atomic mass is 9.84. The molecule has 0 aliphatic carbocycles. The molecule has 3 heterocycles. The molecule has 0 spiro atoms. The lowest BCUT2D eigenvalue weighted by Gasteiger charge is -2.35. The van der Waals surface area contributed by atoms with Crippen molar-refractivity contribution in [3.8, 4) is 0 Å². The summed E-state index contributed by atoms with van der Waals surface area (Å²) in [5, 5.41) is 0. The van der Waals surface area contributed by atoms with Crippen molar-refractivity contribution in [2.24, 2.45) is 11.8 Å². The van der Waals surface area contributed by atoms with Crippen molar-refractivity contribution >= 4 is 15.9 Å². The van der Waals surface area contributed by atoms with Gasteiger partial charge in [0.05, 0.1) is 25.2 Å². The number of likely N-dealkylation sites (tertiary alicyclic amines) is 1. The summed E-state index contributed by atoms with van der Waals surface area (Å²) >= 11 is 0. The number of nitrogens with one attached hydrogen (secondary N) is 1. The van der Waals surface area contributed by atoms with Crippen LogP contribution in [0.2, 0.25) is 0 Å². The van der Waals surface area contributed by atoms with Gasteiger partial charge in [-0.3, -0.25) is 4.79 Å². The van der Waals surface area contributed by atoms with E-state index in [1.807, 2.05) is 0 Å². The quantitative estimate of drug-likeness (QED) is 0.859. The third kappa shape index (κ3) is 3.34. The maximum Gasteiger partial charge on any atom is 0.289 e. The van der Waals surface area contributed by atoms with Gasteiger partial charge in [0, 0.05) is 25.6 Å². The van der Waals surface area contributed by atoms with Crippen LogP contribution in [0, 0.1) is 11.8 Å². The molecule has 0 bridgehead atoms. The van der Waals surface area contributed by atoms with Crippen molar-refractivity contribution in [1.82, 2.24) is 9.62 Å². The van der Waals surface area contributed by atoms with Crippen molar-refractivity contribution in [2.45, 2.75) is 12.5 Å². The average molecular weight is 328 g/mol. The first kappa shape index (κ1) is 15.5. The van der Waals surface area contributed by atoms with Gasteiger partial charge in [0.15, 0.2) is 5.76 Å². The third-order valence-electron chi connectivity index (χ3n) is 4.36. The van der Waals surface area contributed by atoms with Crippen LogP contribution in [-0.4, -0.2) is 57.8 Å². The standard InChI is InChI=1S/C14H20N2O5S/c1-22(18,19)15-7-13-11-4-5-16(8-10(11)9-21-13)14(17)12-3-2-6-20-12/h2-3,6,10-11,13,15H,4-5,7-9H2,1H3/t10-,11-,13-/m0/s1. The number of carbonyl (C=O) groups excluding carboxylic acids is 1. The lowest BCUT2D eigenvalue weighted by Crippen LogP contribution is -2.46. The van der Waals surface area contributed by atoms with E-state index in [9.17, 15) is 13.2 Å². The number of nitrogens with zero attached hydrogens (tertiary/aromatic N) is 1. The van der Waals surface area contributed by atoms with E-state index in [4.69, 9.17) is 9.15 Å². The zero-order valence-electron chi connectivity index (χ0n) is 12.4. The minimum absolute atomic E-state index is 0.0961. The van der Waals surface area contributed by atoms with E-state index >= 15 is 0 Å². The Hall–Kier alpha value is -1.38. The highest BCUT2D eigenvalue weighted by Crippen LogP contribution is 2.34. The molecule has 1 N–H and O–H groups in total. The van der Waals surface area contributed by atoms with Gasteiger partial charge in [0.25, 0.3) is 5.91 Å². The second-order valence-electron chi connectivity index (χ2n) is 5.93. The minimum atomic E-state index is -3.21. The van der Waals surface area contributed by atoms with Crippen LogP contribution in [0.4, 0.5) is 0 Å². The topological polar surface area (TPSA) is 88.9 Å². The number of hydrogen-bond acceptors (Lipinski definition) is 5. The molecule has 122 valence electrons. The van der Waals surface area contributed by atoms with Crippen molar-refractivity contribution in [2.75, 3.05) is 32.5 Å². The van der Waals surface area contributed by atoms with Gasteiger partial charge in [0.1, 0.15) is 0 Å². The fraction of sp³-hybridized carbons (Fsp3) is 0.643. The molecule has 7 nitrogen and oxygen atoms in total. The van der Waals surface area contributed by atoms with E-state index in [0.717, 1.165) is 12.7 Å². The Labute approximate surface area is 129 Å². The number of sulfonamides is 1. The number of fused-ring (bicyclic) bond motifs is 1. The van der Waals surface area contributed by atoms with Crippen LogP contribution >= 0.6 is 0 Å². The van der Waals surface area contributed by atoms with Gasteiger partial charge >= 0.3 is 0 Å². The van der Waals surface area contributed by atoms with Gasteiger partial charge in [-0.05, 0) is 24.5 Å². The molecule has 2 aliphatic rings. The zero-order valence-corrected chi connectivity index (χ0v) is 13.2. The summed E-state index contributed by atoms with van der Waals surface area (Å²) in [7, 11) is -3.21. The molecule has 8 heteroatoms. The summed E-state index contributed by atoms with van der Waals surface area (Å²) in [6, 6.07) is 3.37. The SMILES string of the molecule is CS(=O)(=O)NC[C@@H]1OC[C@@H]2CN(C(=O)c3ccco3)CC[C@@H]21. The van der Waals surface area contributed by atoms with Gasteiger partial charge in [-0.25, -0.2) is 13.1 Å². The third-order valence-corrected chi connectivity index (χ3v) is 5.05. The molecule has 0 aromatic carbocycles. The molecule has 2 aliphatic heterocycles. The maximum atomic E-state index is 12.3. The highest BCUT2D eigenvalue weighted by Gasteiger charge is 2.42. The second-order valence-corrected chi connectivity index (χ2v) is 7.77. The number of piperidine rings is 1. The van der Waals surface area contributed by atoms with Crippen LogP contribution in [-0.2, 0) is 14.8 Å². The van der Waals surface area contributed by atoms with E-state index < -0.39 is 10.0 Å². The van der Waals surface area contributed by atoms with Crippen LogP contribution in [0.3, 0.4) is 0 Å². The Morgan fingerprint density at radius 3 is 3.00 bits per heavy atom. The summed E-state index contributed by atoms with van der Waals surface area (Å²) in [6.45, 7) is 2.12. The molecular weight excluding hydrogens is 308 g/mol. The molecule has 1 amide bonds. The molecule has 1 aromatic heterocycles. The van der Waals surface area contributed by atoms with Crippen LogP contribution in [0.1, 0.15) is 17.0 Å². The predicted molar refractivity (Wildman–Crippen MR) is 78.8 cm³/mol. The van der Waals surface area contributed by atoms with Crippen LogP contribution in [0.15, 0.2) is 22.8 Å². The number of carbonyl (C=O) groups is 1. The lowest BCUT2D eigenvalue weighted by molar-refractivity contribution is 0.0586. The van der Waals surface area contributed by atoms with Gasteiger partial charge < -0.3 is 14.1 Å². The van der Waals surface area contributed by atoms with Gasteiger partial charge in [-0.1, -0.05) is 0 Å². The van der Waals surface area contributed by atoms with E-state index in [1.165, 1.54) is 6.26 Å². The molecule has 1 aromatic rings. The summed E-state index contributed by atoms with van der Waals surface area (Å²) in [6.07, 6.45) is 3.34. The fourth-order valence-electron chi connectivity index (χ4n) is 3.27. The molecular formula is C14H20N2O5S. The summed E-state index contributed by atoms with van der Waals surface area (Å²) in [5.74, 6) is 0.794. The van der Waals surface area contributed by atoms with E-state index in [2.05, 4.69) is 4.72 Å². The maximum absolute atomic E-state index is 12.3. The molecule has 3 atom stereocenters. The number of amides is 1. The number of hydrogen-bond donors (Lipinski definition) is 1. The highest BCUT2D eigenvalue weighted by atomic mass is 32.2.